The monoisotopic (exact) mass is 547 g/mol. The maximum absolute atomic E-state index is 13.9. The van der Waals surface area contributed by atoms with E-state index in [4.69, 9.17) is 23.2 Å². The van der Waals surface area contributed by atoms with Gasteiger partial charge in [-0.05, 0) is 37.5 Å². The van der Waals surface area contributed by atoms with Crippen LogP contribution in [0.2, 0.25) is 10.0 Å². The summed E-state index contributed by atoms with van der Waals surface area (Å²) < 4.78 is 54.2. The molecule has 0 unspecified atom stereocenters. The van der Waals surface area contributed by atoms with Gasteiger partial charge in [-0.3, -0.25) is 9.69 Å². The lowest BCUT2D eigenvalue weighted by atomic mass is 9.78. The van der Waals surface area contributed by atoms with Crippen LogP contribution >= 0.6 is 35.6 Å². The van der Waals surface area contributed by atoms with Gasteiger partial charge >= 0.3 is 0 Å². The molecule has 0 aromatic heterocycles. The van der Waals surface area contributed by atoms with Gasteiger partial charge in [0.25, 0.3) is 5.91 Å². The van der Waals surface area contributed by atoms with E-state index in [-0.39, 0.29) is 61.0 Å². The largest absolute Gasteiger partial charge is 0.350 e. The molecule has 0 radical (unpaired) electrons. The third-order valence-electron chi connectivity index (χ3n) is 6.43. The molecular weight excluding hydrogens is 519 g/mol. The van der Waals surface area contributed by atoms with Crippen LogP contribution in [0, 0.1) is 0 Å². The van der Waals surface area contributed by atoms with Crippen molar-refractivity contribution in [1.29, 1.82) is 0 Å². The van der Waals surface area contributed by atoms with Crippen LogP contribution in [0.3, 0.4) is 0 Å². The summed E-state index contributed by atoms with van der Waals surface area (Å²) in [6, 6.07) is 4.57. The highest BCUT2D eigenvalue weighted by Gasteiger charge is 2.47. The highest BCUT2D eigenvalue weighted by atomic mass is 35.5. The average Bonchev–Trinajstić information content (AvgIpc) is 2.73. The molecule has 1 aromatic rings. The molecule has 1 N–H and O–H groups in total. The van der Waals surface area contributed by atoms with Gasteiger partial charge in [-0.2, -0.15) is 4.31 Å². The van der Waals surface area contributed by atoms with E-state index in [1.165, 1.54) is 16.4 Å². The number of rotatable bonds is 7. The van der Waals surface area contributed by atoms with E-state index >= 15 is 0 Å². The van der Waals surface area contributed by atoms with Crippen LogP contribution < -0.4 is 5.32 Å². The standard InChI is InChI=1S/C21H29Cl2F2N3O3S.ClH/c1-2-13-32(30,31)28-11-9-27(10-12-28)20(5-7-21(24,25)8-6-20)15-26-19(29)17-4-3-16(22)14-18(17)23;/h3-4,14H,2,5-13,15H2,1H3,(H,26,29);1H. The second-order valence-electron chi connectivity index (χ2n) is 8.59. The van der Waals surface area contributed by atoms with Crippen molar-refractivity contribution in [2.75, 3.05) is 38.5 Å². The third kappa shape index (κ3) is 6.92. The topological polar surface area (TPSA) is 69.7 Å². The molecule has 6 nitrogen and oxygen atoms in total. The van der Waals surface area contributed by atoms with E-state index in [2.05, 4.69) is 10.2 Å². The van der Waals surface area contributed by atoms with Crippen LogP contribution in [0.5, 0.6) is 0 Å². The summed E-state index contributed by atoms with van der Waals surface area (Å²) in [6.07, 6.45) is 0.450. The molecule has 188 valence electrons. The van der Waals surface area contributed by atoms with E-state index < -0.39 is 27.4 Å². The van der Waals surface area contributed by atoms with E-state index in [0.717, 1.165) is 0 Å². The molecule has 12 heteroatoms. The first-order valence-corrected chi connectivity index (χ1v) is 13.2. The number of amides is 1. The number of hydrogen-bond acceptors (Lipinski definition) is 4. The minimum absolute atomic E-state index is 0. The number of nitrogens with one attached hydrogen (secondary N) is 1. The Bertz CT molecular complexity index is 932. The Morgan fingerprint density at radius 2 is 1.70 bits per heavy atom. The number of carbonyl (C=O) groups is 1. The predicted octanol–water partition coefficient (Wildman–Crippen LogP) is 4.45. The first kappa shape index (κ1) is 28.5. The Kier molecular flexibility index (Phi) is 9.81. The summed E-state index contributed by atoms with van der Waals surface area (Å²) >= 11 is 12.0. The first-order chi connectivity index (χ1) is 15.0. The van der Waals surface area contributed by atoms with Crippen LogP contribution in [0.1, 0.15) is 49.4 Å². The van der Waals surface area contributed by atoms with Crippen LogP contribution in [0.4, 0.5) is 8.78 Å². The molecule has 0 atom stereocenters. The summed E-state index contributed by atoms with van der Waals surface area (Å²) in [7, 11) is -3.30. The van der Waals surface area contributed by atoms with Gasteiger partial charge in [0.1, 0.15) is 0 Å². The fourth-order valence-corrected chi connectivity index (χ4v) is 6.52. The maximum atomic E-state index is 13.9. The molecule has 2 aliphatic rings. The van der Waals surface area contributed by atoms with E-state index in [0.29, 0.717) is 37.6 Å². The summed E-state index contributed by atoms with van der Waals surface area (Å²) in [5, 5.41) is 3.50. The molecule has 1 heterocycles. The molecular formula is C21H30Cl3F2N3O3S. The average molecular weight is 549 g/mol. The van der Waals surface area contributed by atoms with Gasteiger partial charge in [0, 0.05) is 56.1 Å². The Morgan fingerprint density at radius 3 is 2.24 bits per heavy atom. The van der Waals surface area contributed by atoms with Gasteiger partial charge in [-0.15, -0.1) is 12.4 Å². The predicted molar refractivity (Wildman–Crippen MR) is 129 cm³/mol. The highest BCUT2D eigenvalue weighted by Crippen LogP contribution is 2.42. The molecule has 1 aliphatic carbocycles. The highest BCUT2D eigenvalue weighted by molar-refractivity contribution is 7.89. The Morgan fingerprint density at radius 1 is 1.09 bits per heavy atom. The summed E-state index contributed by atoms with van der Waals surface area (Å²) in [5.41, 5.74) is -0.389. The van der Waals surface area contributed by atoms with Gasteiger partial charge in [0.05, 0.1) is 16.3 Å². The minimum atomic E-state index is -3.30. The SMILES string of the molecule is CCCS(=O)(=O)N1CCN(C2(CNC(=O)c3ccc(Cl)cc3Cl)CCC(F)(F)CC2)CC1.Cl. The van der Waals surface area contributed by atoms with Crippen molar-refractivity contribution < 1.29 is 22.0 Å². The smallest absolute Gasteiger partial charge is 0.252 e. The molecule has 0 bridgehead atoms. The number of piperazine rings is 1. The minimum Gasteiger partial charge on any atom is -0.350 e. The van der Waals surface area contributed by atoms with Crippen molar-refractivity contribution in [2.45, 2.75) is 50.5 Å². The summed E-state index contributed by atoms with van der Waals surface area (Å²) in [4.78, 5) is 14.8. The molecule has 2 fully saturated rings. The number of carbonyl (C=O) groups excluding carboxylic acids is 1. The summed E-state index contributed by atoms with van der Waals surface area (Å²) in [6.45, 7) is 3.51. The van der Waals surface area contributed by atoms with Crippen LogP contribution in [-0.2, 0) is 10.0 Å². The first-order valence-electron chi connectivity index (χ1n) is 10.8. The molecule has 0 spiro atoms. The van der Waals surface area contributed by atoms with Crippen molar-refractivity contribution in [2.24, 2.45) is 0 Å². The van der Waals surface area contributed by atoms with Gasteiger partial charge in [-0.25, -0.2) is 17.2 Å². The number of nitrogens with zero attached hydrogens (tertiary/aromatic N) is 2. The molecule has 1 saturated heterocycles. The number of hydrogen-bond donors (Lipinski definition) is 1. The lowest BCUT2D eigenvalue weighted by Crippen LogP contribution is -2.63. The van der Waals surface area contributed by atoms with Gasteiger partial charge < -0.3 is 5.32 Å². The lowest BCUT2D eigenvalue weighted by Gasteiger charge is -2.50. The third-order valence-corrected chi connectivity index (χ3v) is 9.05. The van der Waals surface area contributed by atoms with Crippen molar-refractivity contribution in [3.63, 3.8) is 0 Å². The fourth-order valence-electron chi connectivity index (χ4n) is 4.53. The van der Waals surface area contributed by atoms with Gasteiger partial charge in [0.15, 0.2) is 0 Å². The zero-order valence-electron chi connectivity index (χ0n) is 18.5. The van der Waals surface area contributed by atoms with E-state index in [1.807, 2.05) is 6.92 Å². The fraction of sp³-hybridized carbons (Fsp3) is 0.667. The second kappa shape index (κ2) is 11.4. The maximum Gasteiger partial charge on any atom is 0.252 e. The van der Waals surface area contributed by atoms with Crippen molar-refractivity contribution in [1.82, 2.24) is 14.5 Å². The van der Waals surface area contributed by atoms with Gasteiger partial charge in [-0.1, -0.05) is 30.1 Å². The zero-order valence-corrected chi connectivity index (χ0v) is 21.6. The number of benzene rings is 1. The summed E-state index contributed by atoms with van der Waals surface area (Å²) in [5.74, 6) is -3.02. The van der Waals surface area contributed by atoms with E-state index in [9.17, 15) is 22.0 Å². The Hall–Kier alpha value is -0.710. The molecule has 1 saturated carbocycles. The van der Waals surface area contributed by atoms with Crippen LogP contribution in [0.15, 0.2) is 18.2 Å². The van der Waals surface area contributed by atoms with Crippen LogP contribution in [0.25, 0.3) is 0 Å². The Balaban J connectivity index is 0.00000385. The van der Waals surface area contributed by atoms with Crippen LogP contribution in [-0.4, -0.2) is 73.5 Å². The van der Waals surface area contributed by atoms with Crippen molar-refractivity contribution in [3.05, 3.63) is 33.8 Å². The quantitative estimate of drug-likeness (QED) is 0.547. The Labute approximate surface area is 210 Å². The number of sulfonamides is 1. The zero-order chi connectivity index (χ0) is 23.6. The van der Waals surface area contributed by atoms with E-state index in [1.54, 1.807) is 6.07 Å². The molecule has 1 aliphatic heterocycles. The van der Waals surface area contributed by atoms with Gasteiger partial charge in [0.2, 0.25) is 15.9 Å². The molecule has 1 aromatic carbocycles. The van der Waals surface area contributed by atoms with Crippen molar-refractivity contribution in [3.8, 4) is 0 Å². The number of alkyl halides is 2. The second-order valence-corrected chi connectivity index (χ2v) is 11.5. The normalized spacial score (nSPS) is 21.2. The molecule has 33 heavy (non-hydrogen) atoms. The number of halogens is 5. The molecule has 1 amide bonds. The lowest BCUT2D eigenvalue weighted by molar-refractivity contribution is -0.0856. The molecule has 3 rings (SSSR count). The van der Waals surface area contributed by atoms with Crippen molar-refractivity contribution >= 4 is 51.5 Å².